The van der Waals surface area contributed by atoms with Gasteiger partial charge in [0.2, 0.25) is 0 Å². The lowest BCUT2D eigenvalue weighted by atomic mass is 10.1. The van der Waals surface area contributed by atoms with Crippen LogP contribution in [0.2, 0.25) is 0 Å². The number of ether oxygens (including phenoxy) is 1. The molecule has 4 heteroatoms. The van der Waals surface area contributed by atoms with Crippen molar-refractivity contribution < 1.29 is 9.53 Å². The van der Waals surface area contributed by atoms with Crippen molar-refractivity contribution in [1.29, 1.82) is 5.26 Å². The van der Waals surface area contributed by atoms with Crippen molar-refractivity contribution >= 4 is 17.7 Å². The Balaban J connectivity index is 2.25. The number of amides is 1. The van der Waals surface area contributed by atoms with Gasteiger partial charge in [0.25, 0.3) is 5.91 Å². The summed E-state index contributed by atoms with van der Waals surface area (Å²) in [6.45, 7) is 3.85. The van der Waals surface area contributed by atoms with E-state index < -0.39 is 5.91 Å². The highest BCUT2D eigenvalue weighted by atomic mass is 16.5. The van der Waals surface area contributed by atoms with Gasteiger partial charge < -0.3 is 10.1 Å². The highest BCUT2D eigenvalue weighted by molar-refractivity contribution is 6.09. The summed E-state index contributed by atoms with van der Waals surface area (Å²) in [5, 5.41) is 12.0. The molecule has 4 nitrogen and oxygen atoms in total. The van der Waals surface area contributed by atoms with Crippen LogP contribution in [0.15, 0.2) is 60.2 Å². The number of para-hydroxylation sites is 2. The maximum absolute atomic E-state index is 12.2. The van der Waals surface area contributed by atoms with E-state index in [9.17, 15) is 10.1 Å². The normalized spacial score (nSPS) is 11.0. The summed E-state index contributed by atoms with van der Waals surface area (Å²) in [5.74, 6) is 0.195. The first-order chi connectivity index (χ1) is 11.1. The minimum Gasteiger partial charge on any atom is -0.490 e. The number of rotatable bonds is 5. The lowest BCUT2D eigenvalue weighted by Crippen LogP contribution is -2.13. The Kier molecular flexibility index (Phi) is 5.54. The molecule has 0 fully saturated rings. The number of hydrogen-bond donors (Lipinski definition) is 1. The van der Waals surface area contributed by atoms with E-state index in [1.807, 2.05) is 62.4 Å². The highest BCUT2D eigenvalue weighted by Crippen LogP contribution is 2.22. The second-order valence-corrected chi connectivity index (χ2v) is 5.19. The van der Waals surface area contributed by atoms with Gasteiger partial charge in [-0.15, -0.1) is 0 Å². The van der Waals surface area contributed by atoms with Gasteiger partial charge in [-0.25, -0.2) is 0 Å². The van der Waals surface area contributed by atoms with Gasteiger partial charge in [0.05, 0.1) is 6.10 Å². The van der Waals surface area contributed by atoms with Crippen molar-refractivity contribution in [2.45, 2.75) is 20.0 Å². The van der Waals surface area contributed by atoms with Gasteiger partial charge in [-0.05, 0) is 38.1 Å². The number of hydrogen-bond acceptors (Lipinski definition) is 3. The number of nitrogens with one attached hydrogen (secondary N) is 1. The van der Waals surface area contributed by atoms with Crippen molar-refractivity contribution in [3.63, 3.8) is 0 Å². The minimum atomic E-state index is -0.446. The second kappa shape index (κ2) is 7.81. The van der Waals surface area contributed by atoms with Crippen LogP contribution in [0.1, 0.15) is 19.4 Å². The van der Waals surface area contributed by atoms with E-state index in [2.05, 4.69) is 5.32 Å². The molecule has 2 aromatic carbocycles. The number of carbonyl (C=O) groups excluding carboxylic acids is 1. The summed E-state index contributed by atoms with van der Waals surface area (Å²) in [7, 11) is 0. The second-order valence-electron chi connectivity index (χ2n) is 5.19. The quantitative estimate of drug-likeness (QED) is 0.670. The topological polar surface area (TPSA) is 62.1 Å². The zero-order chi connectivity index (χ0) is 16.7. The number of nitriles is 1. The van der Waals surface area contributed by atoms with E-state index in [4.69, 9.17) is 4.74 Å². The maximum Gasteiger partial charge on any atom is 0.266 e. The molecule has 0 heterocycles. The van der Waals surface area contributed by atoms with Crippen molar-refractivity contribution in [2.75, 3.05) is 5.32 Å². The Morgan fingerprint density at radius 3 is 2.43 bits per heavy atom. The largest absolute Gasteiger partial charge is 0.490 e. The van der Waals surface area contributed by atoms with Gasteiger partial charge >= 0.3 is 0 Å². The van der Waals surface area contributed by atoms with Crippen LogP contribution in [0.3, 0.4) is 0 Å². The zero-order valence-corrected chi connectivity index (χ0v) is 13.1. The Hall–Kier alpha value is -3.06. The predicted molar refractivity (Wildman–Crippen MR) is 90.9 cm³/mol. The standard InChI is InChI=1S/C19H18N2O2/c1-14(2)23-18-11-7-6-8-15(18)12-16(13-20)19(22)21-17-9-4-3-5-10-17/h3-12,14H,1-2H3,(H,21,22)/b16-12+. The molecule has 116 valence electrons. The summed E-state index contributed by atoms with van der Waals surface area (Å²) in [6.07, 6.45) is 1.55. The average Bonchev–Trinajstić information content (AvgIpc) is 2.54. The molecule has 0 atom stereocenters. The first-order valence-corrected chi connectivity index (χ1v) is 7.34. The van der Waals surface area contributed by atoms with Crippen molar-refractivity contribution in [2.24, 2.45) is 0 Å². The molecule has 23 heavy (non-hydrogen) atoms. The van der Waals surface area contributed by atoms with Crippen LogP contribution < -0.4 is 10.1 Å². The smallest absolute Gasteiger partial charge is 0.266 e. The number of benzene rings is 2. The fraction of sp³-hybridized carbons (Fsp3) is 0.158. The van der Waals surface area contributed by atoms with Crippen molar-refractivity contribution in [1.82, 2.24) is 0 Å². The van der Waals surface area contributed by atoms with Gasteiger partial charge in [0.1, 0.15) is 17.4 Å². The molecule has 0 bridgehead atoms. The van der Waals surface area contributed by atoms with E-state index >= 15 is 0 Å². The highest BCUT2D eigenvalue weighted by Gasteiger charge is 2.11. The number of anilines is 1. The molecule has 0 unspecified atom stereocenters. The fourth-order valence-corrected chi connectivity index (χ4v) is 1.99. The third-order valence-corrected chi connectivity index (χ3v) is 2.98. The molecule has 0 aliphatic heterocycles. The molecule has 0 saturated carbocycles. The molecule has 1 N–H and O–H groups in total. The zero-order valence-electron chi connectivity index (χ0n) is 13.1. The van der Waals surface area contributed by atoms with Crippen LogP contribution in [-0.4, -0.2) is 12.0 Å². The van der Waals surface area contributed by atoms with Crippen LogP contribution in [0, 0.1) is 11.3 Å². The fourth-order valence-electron chi connectivity index (χ4n) is 1.99. The molecule has 0 saturated heterocycles. The lowest BCUT2D eigenvalue weighted by Gasteiger charge is -2.12. The third-order valence-electron chi connectivity index (χ3n) is 2.98. The van der Waals surface area contributed by atoms with E-state index in [0.29, 0.717) is 17.0 Å². The molecular formula is C19H18N2O2. The molecule has 2 aromatic rings. The molecule has 0 spiro atoms. The molecule has 2 rings (SSSR count). The molecule has 0 radical (unpaired) electrons. The minimum absolute atomic E-state index is 0.00762. The van der Waals surface area contributed by atoms with Gasteiger partial charge in [-0.1, -0.05) is 36.4 Å². The Labute approximate surface area is 136 Å². The van der Waals surface area contributed by atoms with Crippen LogP contribution in [-0.2, 0) is 4.79 Å². The number of carbonyl (C=O) groups is 1. The Morgan fingerprint density at radius 1 is 1.13 bits per heavy atom. The molecule has 0 aromatic heterocycles. The van der Waals surface area contributed by atoms with E-state index in [1.165, 1.54) is 6.08 Å². The molecule has 0 aliphatic carbocycles. The summed E-state index contributed by atoms with van der Waals surface area (Å²) < 4.78 is 5.70. The average molecular weight is 306 g/mol. The summed E-state index contributed by atoms with van der Waals surface area (Å²) in [5.41, 5.74) is 1.36. The van der Waals surface area contributed by atoms with Crippen molar-refractivity contribution in [3.8, 4) is 11.8 Å². The summed E-state index contributed by atoms with van der Waals surface area (Å²) in [6, 6.07) is 18.3. The van der Waals surface area contributed by atoms with Gasteiger partial charge in [-0.3, -0.25) is 4.79 Å². The molecule has 1 amide bonds. The number of nitrogens with zero attached hydrogens (tertiary/aromatic N) is 1. The van der Waals surface area contributed by atoms with E-state index in [0.717, 1.165) is 0 Å². The molecular weight excluding hydrogens is 288 g/mol. The SMILES string of the molecule is CC(C)Oc1ccccc1/C=C(\C#N)C(=O)Nc1ccccc1. The van der Waals surface area contributed by atoms with Crippen LogP contribution in [0.5, 0.6) is 5.75 Å². The van der Waals surface area contributed by atoms with Gasteiger partial charge in [0.15, 0.2) is 0 Å². The van der Waals surface area contributed by atoms with Gasteiger partial charge in [0, 0.05) is 11.3 Å². The first kappa shape index (κ1) is 16.3. The summed E-state index contributed by atoms with van der Waals surface area (Å²) in [4.78, 5) is 12.2. The Bertz CT molecular complexity index is 743. The van der Waals surface area contributed by atoms with Crippen LogP contribution in [0.25, 0.3) is 6.08 Å². The van der Waals surface area contributed by atoms with Crippen LogP contribution in [0.4, 0.5) is 5.69 Å². The van der Waals surface area contributed by atoms with E-state index in [1.54, 1.807) is 12.1 Å². The maximum atomic E-state index is 12.2. The third kappa shape index (κ3) is 4.72. The Morgan fingerprint density at radius 2 is 1.78 bits per heavy atom. The predicted octanol–water partition coefficient (Wildman–Crippen LogP) is 4.02. The van der Waals surface area contributed by atoms with E-state index in [-0.39, 0.29) is 11.7 Å². The van der Waals surface area contributed by atoms with Crippen LogP contribution >= 0.6 is 0 Å². The molecule has 0 aliphatic rings. The summed E-state index contributed by atoms with van der Waals surface area (Å²) >= 11 is 0. The van der Waals surface area contributed by atoms with Crippen molar-refractivity contribution in [3.05, 3.63) is 65.7 Å². The van der Waals surface area contributed by atoms with Gasteiger partial charge in [-0.2, -0.15) is 5.26 Å². The monoisotopic (exact) mass is 306 g/mol. The first-order valence-electron chi connectivity index (χ1n) is 7.34. The lowest BCUT2D eigenvalue weighted by molar-refractivity contribution is -0.112.